The molecule has 1 aliphatic rings. The summed E-state index contributed by atoms with van der Waals surface area (Å²) in [6, 6.07) is 5.76. The van der Waals surface area contributed by atoms with Crippen LogP contribution in [0.2, 0.25) is 10.0 Å². The van der Waals surface area contributed by atoms with Gasteiger partial charge in [-0.3, -0.25) is 0 Å². The maximum absolute atomic E-state index is 6.12. The lowest BCUT2D eigenvalue weighted by Crippen LogP contribution is -2.16. The number of rotatable bonds is 3. The summed E-state index contributed by atoms with van der Waals surface area (Å²) >= 11 is 12.1. The molecule has 0 unspecified atom stereocenters. The van der Waals surface area contributed by atoms with Crippen LogP contribution in [0.5, 0.6) is 0 Å². The third kappa shape index (κ3) is 2.63. The smallest absolute Gasteiger partial charge is 0.0922 e. The summed E-state index contributed by atoms with van der Waals surface area (Å²) in [7, 11) is 0. The van der Waals surface area contributed by atoms with Gasteiger partial charge in [0.05, 0.1) is 15.9 Å². The van der Waals surface area contributed by atoms with Crippen LogP contribution in [-0.2, 0) is 6.42 Å². The molecule has 2 nitrogen and oxygen atoms in total. The largest absolute Gasteiger partial charge is 0.386 e. The van der Waals surface area contributed by atoms with Crippen molar-refractivity contribution in [1.82, 2.24) is 5.32 Å². The molecule has 0 saturated carbocycles. The molecule has 3 N–H and O–H groups in total. The van der Waals surface area contributed by atoms with E-state index in [0.717, 1.165) is 30.8 Å². The molecule has 0 spiro atoms. The maximum atomic E-state index is 6.12. The van der Waals surface area contributed by atoms with E-state index in [4.69, 9.17) is 28.9 Å². The molecular weight excluding hydrogens is 243 g/mol. The van der Waals surface area contributed by atoms with Crippen molar-refractivity contribution in [2.75, 3.05) is 6.54 Å². The monoisotopic (exact) mass is 256 g/mol. The molecule has 1 heterocycles. The molecule has 0 aromatic heterocycles. The predicted octanol–water partition coefficient (Wildman–Crippen LogP) is 2.95. The van der Waals surface area contributed by atoms with Gasteiger partial charge < -0.3 is 11.1 Å². The van der Waals surface area contributed by atoms with Gasteiger partial charge in [-0.2, -0.15) is 0 Å². The molecule has 0 aliphatic carbocycles. The van der Waals surface area contributed by atoms with E-state index in [-0.39, 0.29) is 0 Å². The highest BCUT2D eigenvalue weighted by Gasteiger charge is 2.14. The fraction of sp³-hybridized carbons (Fsp3) is 0.333. The first kappa shape index (κ1) is 11.6. The van der Waals surface area contributed by atoms with Crippen LogP contribution in [0.15, 0.2) is 30.1 Å². The SMILES string of the molecule is NC1=C[C@H](CCc2cccc(Cl)c2Cl)CN1. The minimum Gasteiger partial charge on any atom is -0.386 e. The lowest BCUT2D eigenvalue weighted by Gasteiger charge is -2.08. The second-order valence-electron chi connectivity index (χ2n) is 4.01. The number of benzene rings is 1. The summed E-state index contributed by atoms with van der Waals surface area (Å²) in [6.07, 6.45) is 4.03. The summed E-state index contributed by atoms with van der Waals surface area (Å²) in [6.45, 7) is 0.921. The number of halogens is 2. The maximum Gasteiger partial charge on any atom is 0.0922 e. The van der Waals surface area contributed by atoms with E-state index < -0.39 is 0 Å². The van der Waals surface area contributed by atoms with Crippen molar-refractivity contribution in [3.05, 3.63) is 45.7 Å². The summed E-state index contributed by atoms with van der Waals surface area (Å²) < 4.78 is 0. The highest BCUT2D eigenvalue weighted by atomic mass is 35.5. The Morgan fingerprint density at radius 2 is 2.19 bits per heavy atom. The van der Waals surface area contributed by atoms with Crippen LogP contribution in [-0.4, -0.2) is 6.54 Å². The van der Waals surface area contributed by atoms with Gasteiger partial charge in [0, 0.05) is 6.54 Å². The molecule has 86 valence electrons. The van der Waals surface area contributed by atoms with Crippen LogP contribution < -0.4 is 11.1 Å². The van der Waals surface area contributed by atoms with Crippen LogP contribution in [0, 0.1) is 5.92 Å². The molecule has 1 atom stereocenters. The Morgan fingerprint density at radius 1 is 1.38 bits per heavy atom. The molecule has 0 saturated heterocycles. The quantitative estimate of drug-likeness (QED) is 0.873. The average Bonchev–Trinajstić information content (AvgIpc) is 2.67. The van der Waals surface area contributed by atoms with E-state index in [1.54, 1.807) is 0 Å². The van der Waals surface area contributed by atoms with Crippen LogP contribution >= 0.6 is 23.2 Å². The molecule has 0 amide bonds. The van der Waals surface area contributed by atoms with Crippen LogP contribution in [0.25, 0.3) is 0 Å². The number of nitrogens with two attached hydrogens (primary N) is 1. The molecule has 1 aromatic carbocycles. The van der Waals surface area contributed by atoms with Crippen LogP contribution in [0.4, 0.5) is 0 Å². The van der Waals surface area contributed by atoms with Gasteiger partial charge in [0.1, 0.15) is 0 Å². The summed E-state index contributed by atoms with van der Waals surface area (Å²) in [5.41, 5.74) is 6.76. The van der Waals surface area contributed by atoms with Crippen LogP contribution in [0.1, 0.15) is 12.0 Å². The van der Waals surface area contributed by atoms with E-state index in [1.807, 2.05) is 18.2 Å². The fourth-order valence-corrected chi connectivity index (χ4v) is 2.30. The third-order valence-electron chi connectivity index (χ3n) is 2.80. The van der Waals surface area contributed by atoms with Crippen molar-refractivity contribution < 1.29 is 0 Å². The Kier molecular flexibility index (Phi) is 3.62. The van der Waals surface area contributed by atoms with Gasteiger partial charge in [0.2, 0.25) is 0 Å². The van der Waals surface area contributed by atoms with Gasteiger partial charge in [-0.05, 0) is 36.5 Å². The average molecular weight is 257 g/mol. The van der Waals surface area contributed by atoms with E-state index in [9.17, 15) is 0 Å². The minimum atomic E-state index is 0.495. The van der Waals surface area contributed by atoms with Gasteiger partial charge >= 0.3 is 0 Å². The van der Waals surface area contributed by atoms with Gasteiger partial charge in [0.25, 0.3) is 0 Å². The predicted molar refractivity (Wildman–Crippen MR) is 68.5 cm³/mol. The number of hydrogen-bond acceptors (Lipinski definition) is 2. The van der Waals surface area contributed by atoms with Crippen molar-refractivity contribution in [3.8, 4) is 0 Å². The minimum absolute atomic E-state index is 0.495. The zero-order valence-electron chi connectivity index (χ0n) is 8.84. The zero-order chi connectivity index (χ0) is 11.5. The molecular formula is C12H14Cl2N2. The first-order valence-electron chi connectivity index (χ1n) is 5.31. The zero-order valence-corrected chi connectivity index (χ0v) is 10.4. The van der Waals surface area contributed by atoms with E-state index in [0.29, 0.717) is 16.0 Å². The topological polar surface area (TPSA) is 38.0 Å². The highest BCUT2D eigenvalue weighted by Crippen LogP contribution is 2.27. The molecule has 1 aromatic rings. The van der Waals surface area contributed by atoms with Gasteiger partial charge in [-0.25, -0.2) is 0 Å². The Bertz CT molecular complexity index is 415. The Hall–Kier alpha value is -0.860. The molecule has 0 fully saturated rings. The van der Waals surface area contributed by atoms with E-state index in [1.165, 1.54) is 0 Å². The van der Waals surface area contributed by atoms with E-state index in [2.05, 4.69) is 11.4 Å². The second kappa shape index (κ2) is 4.98. The van der Waals surface area contributed by atoms with Gasteiger partial charge in [-0.15, -0.1) is 0 Å². The molecule has 1 aliphatic heterocycles. The van der Waals surface area contributed by atoms with Crippen molar-refractivity contribution in [1.29, 1.82) is 0 Å². The Morgan fingerprint density at radius 3 is 2.88 bits per heavy atom. The molecule has 4 heteroatoms. The first-order chi connectivity index (χ1) is 7.66. The fourth-order valence-electron chi connectivity index (χ4n) is 1.89. The molecule has 2 rings (SSSR count). The number of hydrogen-bond donors (Lipinski definition) is 2. The summed E-state index contributed by atoms with van der Waals surface area (Å²) in [5.74, 6) is 1.28. The second-order valence-corrected chi connectivity index (χ2v) is 4.80. The van der Waals surface area contributed by atoms with Crippen molar-refractivity contribution in [2.45, 2.75) is 12.8 Å². The van der Waals surface area contributed by atoms with Crippen molar-refractivity contribution in [2.24, 2.45) is 11.7 Å². The summed E-state index contributed by atoms with van der Waals surface area (Å²) in [5, 5.41) is 4.41. The Labute approximate surface area is 105 Å². The lowest BCUT2D eigenvalue weighted by molar-refractivity contribution is 0.596. The summed E-state index contributed by atoms with van der Waals surface area (Å²) in [4.78, 5) is 0. The van der Waals surface area contributed by atoms with Gasteiger partial charge in [-0.1, -0.05) is 35.3 Å². The molecule has 0 radical (unpaired) electrons. The first-order valence-corrected chi connectivity index (χ1v) is 6.06. The number of aryl methyl sites for hydroxylation is 1. The highest BCUT2D eigenvalue weighted by molar-refractivity contribution is 6.42. The number of nitrogens with one attached hydrogen (secondary N) is 1. The normalized spacial score (nSPS) is 19.4. The van der Waals surface area contributed by atoms with E-state index >= 15 is 0 Å². The van der Waals surface area contributed by atoms with Gasteiger partial charge in [0.15, 0.2) is 0 Å². The third-order valence-corrected chi connectivity index (χ3v) is 3.66. The van der Waals surface area contributed by atoms with Crippen LogP contribution in [0.3, 0.4) is 0 Å². The van der Waals surface area contributed by atoms with Crippen molar-refractivity contribution in [3.63, 3.8) is 0 Å². The lowest BCUT2D eigenvalue weighted by atomic mass is 10.0. The molecule has 16 heavy (non-hydrogen) atoms. The molecule has 0 bridgehead atoms. The van der Waals surface area contributed by atoms with Crippen molar-refractivity contribution >= 4 is 23.2 Å². The Balaban J connectivity index is 1.97. The standard InChI is InChI=1S/C12H14Cl2N2/c13-10-3-1-2-9(12(10)14)5-4-8-6-11(15)16-7-8/h1-3,6,8,16H,4-5,7,15H2/t8-/m0/s1.